The first-order valence-electron chi connectivity index (χ1n) is 6.92. The second-order valence-electron chi connectivity index (χ2n) is 3.45. The number of aryl methyl sites for hydroxylation is 2. The second kappa shape index (κ2) is 14.8. The molecule has 106 valence electrons. The number of rotatable bonds is 0. The molecular formula is C18H27Cl. The summed E-state index contributed by atoms with van der Waals surface area (Å²) < 4.78 is 0. The highest BCUT2D eigenvalue weighted by molar-refractivity contribution is 6.30. The first-order chi connectivity index (χ1) is 9.18. The van der Waals surface area contributed by atoms with Gasteiger partial charge in [-0.2, -0.15) is 0 Å². The summed E-state index contributed by atoms with van der Waals surface area (Å²) in [6.07, 6.45) is 0. The van der Waals surface area contributed by atoms with Crippen molar-refractivity contribution >= 4 is 11.6 Å². The molecular weight excluding hydrogens is 252 g/mol. The zero-order chi connectivity index (χ0) is 15.1. The fourth-order valence-electron chi connectivity index (χ4n) is 1.07. The third-order valence-corrected chi connectivity index (χ3v) is 2.20. The monoisotopic (exact) mass is 278 g/mol. The van der Waals surface area contributed by atoms with Gasteiger partial charge in [0.15, 0.2) is 0 Å². The molecule has 0 heterocycles. The van der Waals surface area contributed by atoms with E-state index in [1.54, 1.807) is 0 Å². The summed E-state index contributed by atoms with van der Waals surface area (Å²) in [5.41, 5.74) is 2.57. The average molecular weight is 279 g/mol. The van der Waals surface area contributed by atoms with Crippen LogP contribution in [0, 0.1) is 13.8 Å². The van der Waals surface area contributed by atoms with Crippen LogP contribution >= 0.6 is 11.6 Å². The molecule has 0 spiro atoms. The summed E-state index contributed by atoms with van der Waals surface area (Å²) in [4.78, 5) is 0. The van der Waals surface area contributed by atoms with Gasteiger partial charge in [0.25, 0.3) is 0 Å². The molecule has 0 saturated carbocycles. The Balaban J connectivity index is 0. The summed E-state index contributed by atoms with van der Waals surface area (Å²) in [5, 5.41) is 0.801. The summed E-state index contributed by atoms with van der Waals surface area (Å²) in [6, 6.07) is 18.0. The van der Waals surface area contributed by atoms with Crippen LogP contribution in [0.15, 0.2) is 54.6 Å². The SMILES string of the molecule is CC.CC.Cc1ccc(Cl)cc1.Cc1ccccc1. The van der Waals surface area contributed by atoms with Crippen LogP contribution in [0.3, 0.4) is 0 Å². The summed E-state index contributed by atoms with van der Waals surface area (Å²) >= 11 is 5.61. The van der Waals surface area contributed by atoms with Crippen LogP contribution in [0.1, 0.15) is 38.8 Å². The Morgan fingerprint density at radius 1 is 0.579 bits per heavy atom. The van der Waals surface area contributed by atoms with E-state index in [2.05, 4.69) is 19.1 Å². The molecule has 2 aromatic carbocycles. The number of halogens is 1. The van der Waals surface area contributed by atoms with Crippen molar-refractivity contribution in [2.24, 2.45) is 0 Å². The minimum absolute atomic E-state index is 0.801. The molecule has 0 fully saturated rings. The van der Waals surface area contributed by atoms with E-state index in [4.69, 9.17) is 11.6 Å². The molecule has 0 bridgehead atoms. The van der Waals surface area contributed by atoms with Gasteiger partial charge in [-0.3, -0.25) is 0 Å². The van der Waals surface area contributed by atoms with Crippen molar-refractivity contribution in [1.29, 1.82) is 0 Å². The first kappa shape index (κ1) is 20.1. The maximum absolute atomic E-state index is 5.61. The number of hydrogen-bond acceptors (Lipinski definition) is 0. The van der Waals surface area contributed by atoms with E-state index in [9.17, 15) is 0 Å². The Hall–Kier alpha value is -1.27. The number of benzene rings is 2. The highest BCUT2D eigenvalue weighted by Crippen LogP contribution is 2.07. The summed E-state index contributed by atoms with van der Waals surface area (Å²) in [6.45, 7) is 12.1. The summed E-state index contributed by atoms with van der Waals surface area (Å²) in [7, 11) is 0. The predicted octanol–water partition coefficient (Wildman–Crippen LogP) is 6.70. The molecule has 0 unspecified atom stereocenters. The Bertz CT molecular complexity index is 355. The Morgan fingerprint density at radius 3 is 1.21 bits per heavy atom. The molecule has 0 N–H and O–H groups in total. The van der Waals surface area contributed by atoms with Gasteiger partial charge in [-0.1, -0.05) is 92.9 Å². The van der Waals surface area contributed by atoms with Crippen molar-refractivity contribution < 1.29 is 0 Å². The van der Waals surface area contributed by atoms with Crippen molar-refractivity contribution in [1.82, 2.24) is 0 Å². The van der Waals surface area contributed by atoms with Gasteiger partial charge in [-0.05, 0) is 26.0 Å². The van der Waals surface area contributed by atoms with Crippen LogP contribution in [0.2, 0.25) is 5.02 Å². The van der Waals surface area contributed by atoms with Crippen molar-refractivity contribution in [3.05, 3.63) is 70.7 Å². The minimum Gasteiger partial charge on any atom is -0.0843 e. The fourth-order valence-corrected chi connectivity index (χ4v) is 1.19. The highest BCUT2D eigenvalue weighted by Gasteiger charge is 1.81. The van der Waals surface area contributed by atoms with Crippen LogP contribution in [0.25, 0.3) is 0 Å². The molecule has 0 amide bonds. The standard InChI is InChI=1S/C7H7Cl.C7H8.2C2H6/c1-6-2-4-7(8)5-3-6;1-7-5-3-2-4-6-7;2*1-2/h2-5H,1H3;2-6H,1H3;2*1-2H3. The smallest absolute Gasteiger partial charge is 0.0406 e. The largest absolute Gasteiger partial charge is 0.0843 e. The molecule has 0 aromatic heterocycles. The molecule has 0 saturated heterocycles. The lowest BCUT2D eigenvalue weighted by Gasteiger charge is -1.88. The van der Waals surface area contributed by atoms with Gasteiger partial charge in [-0.25, -0.2) is 0 Å². The molecule has 1 heteroatoms. The molecule has 0 atom stereocenters. The number of hydrogen-bond donors (Lipinski definition) is 0. The maximum atomic E-state index is 5.61. The van der Waals surface area contributed by atoms with Gasteiger partial charge in [-0.15, -0.1) is 0 Å². The van der Waals surface area contributed by atoms with Crippen molar-refractivity contribution in [3.63, 3.8) is 0 Å². The maximum Gasteiger partial charge on any atom is 0.0406 e. The molecule has 0 nitrogen and oxygen atoms in total. The van der Waals surface area contributed by atoms with E-state index in [1.807, 2.05) is 77.1 Å². The van der Waals surface area contributed by atoms with E-state index in [-0.39, 0.29) is 0 Å². The lowest BCUT2D eigenvalue weighted by molar-refractivity contribution is 1.48. The topological polar surface area (TPSA) is 0 Å². The second-order valence-corrected chi connectivity index (χ2v) is 3.89. The Morgan fingerprint density at radius 2 is 0.947 bits per heavy atom. The molecule has 19 heavy (non-hydrogen) atoms. The lowest BCUT2D eigenvalue weighted by Crippen LogP contribution is -1.66. The van der Waals surface area contributed by atoms with Gasteiger partial charge >= 0.3 is 0 Å². The molecule has 0 aliphatic carbocycles. The fraction of sp³-hybridized carbons (Fsp3) is 0.333. The van der Waals surface area contributed by atoms with E-state index in [1.165, 1.54) is 11.1 Å². The van der Waals surface area contributed by atoms with E-state index < -0.39 is 0 Å². The van der Waals surface area contributed by atoms with E-state index >= 15 is 0 Å². The van der Waals surface area contributed by atoms with Gasteiger partial charge in [0, 0.05) is 5.02 Å². The van der Waals surface area contributed by atoms with Crippen molar-refractivity contribution in [2.45, 2.75) is 41.5 Å². The van der Waals surface area contributed by atoms with E-state index in [0.717, 1.165) is 5.02 Å². The van der Waals surface area contributed by atoms with Crippen LogP contribution in [0.5, 0.6) is 0 Å². The van der Waals surface area contributed by atoms with Gasteiger partial charge in [0.2, 0.25) is 0 Å². The molecule has 2 rings (SSSR count). The average Bonchev–Trinajstić information content (AvgIpc) is 2.48. The third kappa shape index (κ3) is 13.0. The Labute approximate surface area is 124 Å². The van der Waals surface area contributed by atoms with Crippen LogP contribution < -0.4 is 0 Å². The van der Waals surface area contributed by atoms with Gasteiger partial charge < -0.3 is 0 Å². The van der Waals surface area contributed by atoms with E-state index in [0.29, 0.717) is 0 Å². The molecule has 0 radical (unpaired) electrons. The van der Waals surface area contributed by atoms with Crippen molar-refractivity contribution in [2.75, 3.05) is 0 Å². The lowest BCUT2D eigenvalue weighted by atomic mass is 10.2. The van der Waals surface area contributed by atoms with Gasteiger partial charge in [0.05, 0.1) is 0 Å². The van der Waals surface area contributed by atoms with Crippen LogP contribution in [-0.2, 0) is 0 Å². The molecule has 0 aliphatic rings. The Kier molecular flexibility index (Phi) is 15.6. The van der Waals surface area contributed by atoms with Crippen LogP contribution in [0.4, 0.5) is 0 Å². The zero-order valence-electron chi connectivity index (χ0n) is 13.1. The first-order valence-corrected chi connectivity index (χ1v) is 7.30. The molecule has 0 aliphatic heterocycles. The normalized spacial score (nSPS) is 7.74. The van der Waals surface area contributed by atoms with Crippen molar-refractivity contribution in [3.8, 4) is 0 Å². The zero-order valence-corrected chi connectivity index (χ0v) is 13.8. The third-order valence-electron chi connectivity index (χ3n) is 1.95. The van der Waals surface area contributed by atoms with Gasteiger partial charge in [0.1, 0.15) is 0 Å². The van der Waals surface area contributed by atoms with Crippen LogP contribution in [-0.4, -0.2) is 0 Å². The quantitative estimate of drug-likeness (QED) is 0.503. The predicted molar refractivity (Wildman–Crippen MR) is 90.1 cm³/mol. The minimum atomic E-state index is 0.801. The summed E-state index contributed by atoms with van der Waals surface area (Å²) in [5.74, 6) is 0. The highest BCUT2D eigenvalue weighted by atomic mass is 35.5. The molecule has 2 aromatic rings.